The molecule has 0 radical (unpaired) electrons. The molecule has 4 N–H and O–H groups in total. The number of aldehydes is 1. The molecule has 2 aliphatic heterocycles. The van der Waals surface area contributed by atoms with E-state index in [9.17, 15) is 32.7 Å². The van der Waals surface area contributed by atoms with Crippen molar-refractivity contribution in [2.75, 3.05) is 16.0 Å². The van der Waals surface area contributed by atoms with E-state index in [2.05, 4.69) is 20.5 Å². The van der Waals surface area contributed by atoms with E-state index >= 15 is 0 Å². The fraction of sp³-hybridized carbons (Fsp3) is 0.128. The number of fused-ring (bicyclic) bond motifs is 2. The molecule has 0 saturated carbocycles. The number of carbonyl (C=O) groups is 4. The molecule has 0 saturated heterocycles. The normalized spacial score (nSPS) is 12.2. The van der Waals surface area contributed by atoms with Crippen LogP contribution < -0.4 is 50.6 Å². The molecule has 0 fully saturated rings. The number of carbonyl (C=O) groups excluding carboxylic acids is 4. The zero-order valence-corrected chi connectivity index (χ0v) is 32.9. The van der Waals surface area contributed by atoms with Gasteiger partial charge < -0.3 is 25.9 Å². The molecule has 14 nitrogen and oxygen atoms in total. The monoisotopic (exact) mass is 769 g/mol. The van der Waals surface area contributed by atoms with Crippen LogP contribution in [0.15, 0.2) is 127 Å². The zero-order chi connectivity index (χ0) is 38.7. The fourth-order valence-corrected chi connectivity index (χ4v) is 6.54. The third-order valence-electron chi connectivity index (χ3n) is 8.15. The molecule has 0 unspecified atom stereocenters. The van der Waals surface area contributed by atoms with Gasteiger partial charge in [-0.25, -0.2) is 17.4 Å². The smallest absolute Gasteiger partial charge is 0.550 e. The molecule has 2 amide bonds. The van der Waals surface area contributed by atoms with Gasteiger partial charge in [0, 0.05) is 41.2 Å². The first-order valence-electron chi connectivity index (χ1n) is 16.5. The Morgan fingerprint density at radius 2 is 1.60 bits per heavy atom. The largest absolute Gasteiger partial charge is 1.00 e. The number of benzene rings is 4. The van der Waals surface area contributed by atoms with Crippen LogP contribution in [-0.2, 0) is 50.2 Å². The molecule has 55 heavy (non-hydrogen) atoms. The van der Waals surface area contributed by atoms with Crippen molar-refractivity contribution in [3.63, 3.8) is 0 Å². The number of hydrogen-bond acceptors (Lipinski definition) is 10. The Morgan fingerprint density at radius 3 is 2.24 bits per heavy atom. The van der Waals surface area contributed by atoms with Gasteiger partial charge in [0.1, 0.15) is 12.0 Å². The second-order valence-electron chi connectivity index (χ2n) is 12.1. The summed E-state index contributed by atoms with van der Waals surface area (Å²) in [6.45, 7) is 2.46. The van der Waals surface area contributed by atoms with Crippen LogP contribution in [0.1, 0.15) is 38.3 Å². The Kier molecular flexibility index (Phi) is 14.8. The molecule has 2 aromatic heterocycles. The first kappa shape index (κ1) is 41.9. The average Bonchev–Trinajstić information content (AvgIpc) is 3.98. The van der Waals surface area contributed by atoms with Gasteiger partial charge in [-0.2, -0.15) is 5.10 Å². The van der Waals surface area contributed by atoms with Crippen molar-refractivity contribution in [2.45, 2.75) is 37.6 Å². The van der Waals surface area contributed by atoms with Gasteiger partial charge in [-0.15, -0.1) is 0 Å². The van der Waals surface area contributed by atoms with E-state index in [4.69, 9.17) is 5.73 Å². The minimum atomic E-state index is -3.65. The number of nitrogen functional groups attached to an aromatic ring is 1. The van der Waals surface area contributed by atoms with Crippen LogP contribution in [0.25, 0.3) is 0 Å². The van der Waals surface area contributed by atoms with E-state index < -0.39 is 16.0 Å². The number of aryl methyl sites for hydroxylation is 1. The molecule has 0 aliphatic carbocycles. The topological polar surface area (TPSA) is 213 Å². The first-order valence-corrected chi connectivity index (χ1v) is 18.0. The van der Waals surface area contributed by atoms with Gasteiger partial charge in [0.15, 0.2) is 6.29 Å². The number of nitrogens with one attached hydrogen (secondary N) is 2. The predicted molar refractivity (Wildman–Crippen MR) is 200 cm³/mol. The summed E-state index contributed by atoms with van der Waals surface area (Å²) in [5.74, 6) is -0.855. The number of H-pyrrole nitrogens is 1. The first-order chi connectivity index (χ1) is 25.9. The number of carboxylic acid groups (broad SMARTS) is 1. The fourth-order valence-electron chi connectivity index (χ4n) is 5.40. The summed E-state index contributed by atoms with van der Waals surface area (Å²) in [5.41, 5.74) is 12.9. The number of para-hydroxylation sites is 3. The summed E-state index contributed by atoms with van der Waals surface area (Å²) in [6, 6.07) is 29.0. The molecule has 0 bridgehead atoms. The van der Waals surface area contributed by atoms with Gasteiger partial charge >= 0.3 is 29.6 Å². The standard InChI is InChI=1S/C12H11N3O.C11H10N2O3S.C8H9NO2.C8H7NO.Na/c16-12-5-10-3-1-2-4-11(10)15(12)8-9-6-13-14-7-9;1-9-2-4-11(5-3-9)17(15,16)13-6-10(7-14)12-8-13;9-7-4-2-1-3-6(7)5-8(10)11;10-8-5-6-3-1-2-4-7(6)9-8;/h1-4,6-7H,5,8H2,(H,13,14);2-8H,1H3;1-4H,5,9H2,(H,10,11);1-4H,5H2,(H,9,10);/q;;;;+1/p-1. The van der Waals surface area contributed by atoms with Gasteiger partial charge in [0.2, 0.25) is 11.8 Å². The maximum absolute atomic E-state index is 12.1. The molecule has 0 spiro atoms. The van der Waals surface area contributed by atoms with Crippen molar-refractivity contribution in [1.82, 2.24) is 19.2 Å². The van der Waals surface area contributed by atoms with Crippen LogP contribution in [0, 0.1) is 6.92 Å². The van der Waals surface area contributed by atoms with Gasteiger partial charge in [0.25, 0.3) is 10.0 Å². The van der Waals surface area contributed by atoms with Crippen molar-refractivity contribution >= 4 is 51.2 Å². The number of aromatic amines is 1. The molecular weight excluding hydrogens is 734 g/mol. The number of amides is 2. The van der Waals surface area contributed by atoms with Gasteiger partial charge in [-0.1, -0.05) is 72.3 Å². The minimum absolute atomic E-state index is 0. The molecule has 0 atom stereocenters. The van der Waals surface area contributed by atoms with Crippen LogP contribution >= 0.6 is 0 Å². The Labute approximate surface area is 339 Å². The Morgan fingerprint density at radius 1 is 0.927 bits per heavy atom. The third kappa shape index (κ3) is 11.3. The maximum atomic E-state index is 12.1. The number of carboxylic acids is 1. The number of anilines is 3. The number of aliphatic carboxylic acids is 1. The number of nitrogens with two attached hydrogens (primary N) is 1. The van der Waals surface area contributed by atoms with Crippen molar-refractivity contribution < 1.29 is 62.3 Å². The van der Waals surface area contributed by atoms with Crippen molar-refractivity contribution in [3.8, 4) is 0 Å². The number of rotatable bonds is 7. The van der Waals surface area contributed by atoms with E-state index in [1.165, 1.54) is 18.3 Å². The number of nitrogens with zero attached hydrogens (tertiary/aromatic N) is 4. The summed E-state index contributed by atoms with van der Waals surface area (Å²) in [4.78, 5) is 48.9. The summed E-state index contributed by atoms with van der Waals surface area (Å²) < 4.78 is 25.1. The number of aromatic nitrogens is 4. The Balaban J connectivity index is 0.000000166. The van der Waals surface area contributed by atoms with E-state index in [-0.39, 0.29) is 58.4 Å². The van der Waals surface area contributed by atoms with E-state index in [0.29, 0.717) is 36.9 Å². The van der Waals surface area contributed by atoms with Gasteiger partial charge in [0.05, 0.1) is 36.7 Å². The molecular formula is C39H36N7NaO7S. The third-order valence-corrected chi connectivity index (χ3v) is 9.77. The molecule has 2 aliphatic rings. The molecule has 16 heteroatoms. The molecule has 4 heterocycles. The second kappa shape index (κ2) is 19.5. The van der Waals surface area contributed by atoms with E-state index in [0.717, 1.165) is 43.9 Å². The Bertz CT molecular complexity index is 2340. The van der Waals surface area contributed by atoms with E-state index in [1.54, 1.807) is 47.5 Å². The Hall–Kier alpha value is -5.87. The zero-order valence-electron chi connectivity index (χ0n) is 30.1. The van der Waals surface area contributed by atoms with E-state index in [1.807, 2.05) is 61.7 Å². The van der Waals surface area contributed by atoms with Crippen LogP contribution in [0.5, 0.6) is 0 Å². The molecule has 276 valence electrons. The average molecular weight is 770 g/mol. The summed E-state index contributed by atoms with van der Waals surface area (Å²) >= 11 is 0. The van der Waals surface area contributed by atoms with Gasteiger partial charge in [-0.3, -0.25) is 19.5 Å². The SMILES string of the molecule is Cc1ccc(S(=O)(=O)n2cnc(C=O)c2)cc1.Nc1ccccc1CC(=O)[O-].O=C1Cc2ccccc2N1.O=C1Cc2ccccc2N1Cc1cn[nH]c1.[Na+]. The maximum Gasteiger partial charge on any atom is 1.00 e. The summed E-state index contributed by atoms with van der Waals surface area (Å²) in [6.07, 6.45) is 7.28. The minimum Gasteiger partial charge on any atom is -0.550 e. The van der Waals surface area contributed by atoms with Crippen molar-refractivity contribution in [3.05, 3.63) is 155 Å². The molecule has 6 aromatic rings. The predicted octanol–water partition coefficient (Wildman–Crippen LogP) is 0.486. The van der Waals surface area contributed by atoms with Crippen LogP contribution in [0.3, 0.4) is 0 Å². The molecule has 8 rings (SSSR count). The number of imidazole rings is 1. The summed E-state index contributed by atoms with van der Waals surface area (Å²) in [5, 5.41) is 19.5. The molecule has 4 aromatic carbocycles. The van der Waals surface area contributed by atoms with Crippen molar-refractivity contribution in [1.29, 1.82) is 0 Å². The van der Waals surface area contributed by atoms with Crippen molar-refractivity contribution in [2.24, 2.45) is 0 Å². The quantitative estimate of drug-likeness (QED) is 0.116. The van der Waals surface area contributed by atoms with Crippen LogP contribution in [0.4, 0.5) is 17.1 Å². The van der Waals surface area contributed by atoms with Crippen LogP contribution in [0.2, 0.25) is 0 Å². The second-order valence-corrected chi connectivity index (χ2v) is 13.9. The van der Waals surface area contributed by atoms with Gasteiger partial charge in [-0.05, 0) is 53.9 Å². The number of hydrogen-bond donors (Lipinski definition) is 3. The summed E-state index contributed by atoms with van der Waals surface area (Å²) in [7, 11) is -3.65. The van der Waals surface area contributed by atoms with Crippen LogP contribution in [-0.4, -0.2) is 51.6 Å².